The van der Waals surface area contributed by atoms with Crippen molar-refractivity contribution in [1.29, 1.82) is 0 Å². The Morgan fingerprint density at radius 3 is 2.76 bits per heavy atom. The van der Waals surface area contributed by atoms with Crippen molar-refractivity contribution in [2.24, 2.45) is 0 Å². The second kappa shape index (κ2) is 8.36. The lowest BCUT2D eigenvalue weighted by Gasteiger charge is -2.31. The molecule has 1 aliphatic heterocycles. The van der Waals surface area contributed by atoms with Gasteiger partial charge in [0.1, 0.15) is 0 Å². The first-order chi connectivity index (χ1) is 9.58. The molecule has 0 amide bonds. The molecule has 0 unspecified atom stereocenters. The number of nitrogens with zero attached hydrogens (tertiary/aromatic N) is 1. The average Bonchev–Trinajstić information content (AvgIpc) is 2.38. The molecular weight excluding hydrogens is 302 g/mol. The summed E-state index contributed by atoms with van der Waals surface area (Å²) in [4.78, 5) is 2.29. The largest absolute Gasteiger partial charge is 0.493 e. The smallest absolute Gasteiger partial charge is 0.387 e. The Kier molecular flexibility index (Phi) is 7.14. The molecule has 21 heavy (non-hydrogen) atoms. The average molecular weight is 323 g/mol. The molecule has 4 nitrogen and oxygen atoms in total. The van der Waals surface area contributed by atoms with Gasteiger partial charge in [0.2, 0.25) is 0 Å². The van der Waals surface area contributed by atoms with Gasteiger partial charge in [-0.1, -0.05) is 6.07 Å². The van der Waals surface area contributed by atoms with Crippen molar-refractivity contribution >= 4 is 12.4 Å². The maximum Gasteiger partial charge on any atom is 0.387 e. The minimum atomic E-state index is -2.85. The van der Waals surface area contributed by atoms with Crippen LogP contribution in [0.5, 0.6) is 11.5 Å². The summed E-state index contributed by atoms with van der Waals surface area (Å²) in [5.41, 5.74) is 0.940. The number of hydrogen-bond donors (Lipinski definition) is 1. The lowest BCUT2D eigenvalue weighted by Crippen LogP contribution is -2.48. The van der Waals surface area contributed by atoms with E-state index < -0.39 is 6.61 Å². The maximum absolute atomic E-state index is 12.4. The van der Waals surface area contributed by atoms with Crippen LogP contribution in [0.2, 0.25) is 0 Å². The molecule has 0 aromatic heterocycles. The predicted molar refractivity (Wildman–Crippen MR) is 79.6 cm³/mol. The van der Waals surface area contributed by atoms with Crippen molar-refractivity contribution in [1.82, 2.24) is 10.2 Å². The fourth-order valence-electron chi connectivity index (χ4n) is 2.42. The Labute approximate surface area is 129 Å². The van der Waals surface area contributed by atoms with Gasteiger partial charge in [0.25, 0.3) is 0 Å². The molecule has 1 heterocycles. The fraction of sp³-hybridized carbons (Fsp3) is 0.571. The van der Waals surface area contributed by atoms with Gasteiger partial charge in [-0.2, -0.15) is 8.78 Å². The Balaban J connectivity index is 0.00000220. The Bertz CT molecular complexity index is 449. The molecule has 0 saturated carbocycles. The zero-order chi connectivity index (χ0) is 14.5. The van der Waals surface area contributed by atoms with Crippen LogP contribution in [0, 0.1) is 0 Å². The Morgan fingerprint density at radius 2 is 2.14 bits per heavy atom. The standard InChI is InChI=1S/C14H20F2N2O2.ClH/c1-10-8-18(6-5-17-10)9-11-3-4-12(19-2)13(7-11)20-14(15)16;/h3-4,7,10,14,17H,5-6,8-9H2,1-2H3;1H/t10-;/m1./s1. The highest BCUT2D eigenvalue weighted by molar-refractivity contribution is 5.85. The normalized spacial score (nSPS) is 19.2. The molecule has 0 bridgehead atoms. The molecular formula is C14H21ClF2N2O2. The summed E-state index contributed by atoms with van der Waals surface area (Å²) in [6, 6.07) is 5.61. The molecule has 1 aromatic rings. The van der Waals surface area contributed by atoms with Crippen LogP contribution in [-0.2, 0) is 6.54 Å². The van der Waals surface area contributed by atoms with Gasteiger partial charge in [-0.05, 0) is 24.6 Å². The Morgan fingerprint density at radius 1 is 1.38 bits per heavy atom. The minimum Gasteiger partial charge on any atom is -0.493 e. The molecule has 1 saturated heterocycles. The second-order valence-corrected chi connectivity index (χ2v) is 4.95. The van der Waals surface area contributed by atoms with Crippen LogP contribution in [0.3, 0.4) is 0 Å². The molecule has 1 atom stereocenters. The van der Waals surface area contributed by atoms with Gasteiger partial charge in [0, 0.05) is 32.2 Å². The van der Waals surface area contributed by atoms with E-state index in [2.05, 4.69) is 21.9 Å². The van der Waals surface area contributed by atoms with E-state index in [-0.39, 0.29) is 18.2 Å². The number of hydrogen-bond acceptors (Lipinski definition) is 4. The van der Waals surface area contributed by atoms with Crippen molar-refractivity contribution in [3.8, 4) is 11.5 Å². The summed E-state index contributed by atoms with van der Waals surface area (Å²) >= 11 is 0. The molecule has 120 valence electrons. The molecule has 1 N–H and O–H groups in total. The van der Waals surface area contributed by atoms with E-state index in [4.69, 9.17) is 4.74 Å². The first kappa shape index (κ1) is 17.9. The second-order valence-electron chi connectivity index (χ2n) is 4.95. The number of rotatable bonds is 5. The molecule has 1 aromatic carbocycles. The van der Waals surface area contributed by atoms with Gasteiger partial charge in [0.15, 0.2) is 11.5 Å². The quantitative estimate of drug-likeness (QED) is 0.903. The van der Waals surface area contributed by atoms with Crippen molar-refractivity contribution in [2.75, 3.05) is 26.7 Å². The summed E-state index contributed by atoms with van der Waals surface area (Å²) in [6.07, 6.45) is 0. The monoisotopic (exact) mass is 322 g/mol. The highest BCUT2D eigenvalue weighted by atomic mass is 35.5. The van der Waals surface area contributed by atoms with Crippen LogP contribution < -0.4 is 14.8 Å². The molecule has 0 aliphatic carbocycles. The van der Waals surface area contributed by atoms with Crippen LogP contribution in [0.1, 0.15) is 12.5 Å². The first-order valence-corrected chi connectivity index (χ1v) is 6.66. The minimum absolute atomic E-state index is 0. The van der Waals surface area contributed by atoms with Crippen molar-refractivity contribution < 1.29 is 18.3 Å². The summed E-state index contributed by atoms with van der Waals surface area (Å²) in [5.74, 6) is 0.408. The zero-order valence-electron chi connectivity index (χ0n) is 12.1. The van der Waals surface area contributed by atoms with Gasteiger partial charge < -0.3 is 14.8 Å². The Hall–Kier alpha value is -1.11. The van der Waals surface area contributed by atoms with Crippen LogP contribution >= 0.6 is 12.4 Å². The lowest BCUT2D eigenvalue weighted by molar-refractivity contribution is -0.0512. The van der Waals surface area contributed by atoms with E-state index >= 15 is 0 Å². The van der Waals surface area contributed by atoms with Crippen LogP contribution in [-0.4, -0.2) is 44.3 Å². The number of ether oxygens (including phenoxy) is 2. The van der Waals surface area contributed by atoms with E-state index in [1.165, 1.54) is 7.11 Å². The number of piperazine rings is 1. The first-order valence-electron chi connectivity index (χ1n) is 6.66. The number of alkyl halides is 2. The number of benzene rings is 1. The van der Waals surface area contributed by atoms with Gasteiger partial charge in [-0.15, -0.1) is 12.4 Å². The zero-order valence-corrected chi connectivity index (χ0v) is 13.0. The molecule has 7 heteroatoms. The van der Waals surface area contributed by atoms with E-state index in [0.717, 1.165) is 31.7 Å². The van der Waals surface area contributed by atoms with Crippen molar-refractivity contribution in [3.63, 3.8) is 0 Å². The third-order valence-electron chi connectivity index (χ3n) is 3.30. The molecule has 1 aliphatic rings. The van der Waals surface area contributed by atoms with Gasteiger partial charge in [-0.25, -0.2) is 0 Å². The third kappa shape index (κ3) is 5.30. The van der Waals surface area contributed by atoms with Gasteiger partial charge in [0.05, 0.1) is 7.11 Å². The van der Waals surface area contributed by atoms with Crippen LogP contribution in [0.25, 0.3) is 0 Å². The van der Waals surface area contributed by atoms with E-state index in [1.807, 2.05) is 6.07 Å². The molecule has 2 rings (SSSR count). The summed E-state index contributed by atoms with van der Waals surface area (Å²) in [7, 11) is 1.44. The van der Waals surface area contributed by atoms with E-state index in [1.54, 1.807) is 12.1 Å². The number of halogens is 3. The van der Waals surface area contributed by atoms with Crippen molar-refractivity contribution in [2.45, 2.75) is 26.1 Å². The maximum atomic E-state index is 12.4. The SMILES string of the molecule is COc1ccc(CN2CCN[C@H](C)C2)cc1OC(F)F.Cl. The summed E-state index contributed by atoms with van der Waals surface area (Å²) in [5, 5.41) is 3.37. The van der Waals surface area contributed by atoms with Crippen molar-refractivity contribution in [3.05, 3.63) is 23.8 Å². The molecule has 0 spiro atoms. The molecule has 1 fully saturated rings. The highest BCUT2D eigenvalue weighted by Crippen LogP contribution is 2.30. The summed E-state index contributed by atoms with van der Waals surface area (Å²) in [6.45, 7) is 2.83. The third-order valence-corrected chi connectivity index (χ3v) is 3.30. The fourth-order valence-corrected chi connectivity index (χ4v) is 2.42. The van der Waals surface area contributed by atoms with E-state index in [9.17, 15) is 8.78 Å². The number of nitrogens with one attached hydrogen (secondary N) is 1. The van der Waals surface area contributed by atoms with Gasteiger partial charge in [-0.3, -0.25) is 4.90 Å². The van der Waals surface area contributed by atoms with E-state index in [0.29, 0.717) is 11.8 Å². The lowest BCUT2D eigenvalue weighted by atomic mass is 10.1. The number of methoxy groups -OCH3 is 1. The van der Waals surface area contributed by atoms with Gasteiger partial charge >= 0.3 is 6.61 Å². The van der Waals surface area contributed by atoms with Crippen LogP contribution in [0.4, 0.5) is 8.78 Å². The van der Waals surface area contributed by atoms with Crippen LogP contribution in [0.15, 0.2) is 18.2 Å². The topological polar surface area (TPSA) is 33.7 Å². The predicted octanol–water partition coefficient (Wildman–Crippen LogP) is 2.51. The molecule has 0 radical (unpaired) electrons. The summed E-state index contributed by atoms with van der Waals surface area (Å²) < 4.78 is 34.3. The highest BCUT2D eigenvalue weighted by Gasteiger charge is 2.17.